The van der Waals surface area contributed by atoms with Crippen molar-refractivity contribution in [1.82, 2.24) is 9.80 Å². The van der Waals surface area contributed by atoms with Gasteiger partial charge in [-0.3, -0.25) is 0 Å². The van der Waals surface area contributed by atoms with Crippen molar-refractivity contribution in [3.63, 3.8) is 0 Å². The second-order valence-electron chi connectivity index (χ2n) is 5.70. The molecule has 96 valence electrons. The Balaban J connectivity index is 3.21. The second-order valence-corrected chi connectivity index (χ2v) is 15.3. The van der Waals surface area contributed by atoms with E-state index in [1.165, 1.54) is 38.8 Å². The number of nitrogens with zero attached hydrogens (tertiary/aromatic N) is 2. The van der Waals surface area contributed by atoms with Gasteiger partial charge in [-0.1, -0.05) is 0 Å². The van der Waals surface area contributed by atoms with Crippen LogP contribution in [0.3, 0.4) is 0 Å². The molecule has 0 saturated carbocycles. The van der Waals surface area contributed by atoms with E-state index in [-0.39, 0.29) is 0 Å². The molecule has 0 saturated heterocycles. The van der Waals surface area contributed by atoms with Crippen LogP contribution in [0.5, 0.6) is 0 Å². The molecule has 0 aliphatic carbocycles. The molecular formula is C13H31InN2. The van der Waals surface area contributed by atoms with Gasteiger partial charge in [-0.05, 0) is 0 Å². The molecular weight excluding hydrogens is 299 g/mol. The van der Waals surface area contributed by atoms with Crippen LogP contribution in [0.1, 0.15) is 25.7 Å². The van der Waals surface area contributed by atoms with Crippen LogP contribution in [-0.2, 0) is 0 Å². The molecule has 0 radical (unpaired) electrons. The van der Waals surface area contributed by atoms with Gasteiger partial charge in [0.25, 0.3) is 0 Å². The Morgan fingerprint density at radius 3 is 1.38 bits per heavy atom. The molecule has 0 bridgehead atoms. The third-order valence-corrected chi connectivity index (χ3v) is 11.1. The van der Waals surface area contributed by atoms with Gasteiger partial charge in [0.1, 0.15) is 0 Å². The van der Waals surface area contributed by atoms with Gasteiger partial charge in [0, 0.05) is 0 Å². The van der Waals surface area contributed by atoms with Gasteiger partial charge in [-0.15, -0.1) is 0 Å². The molecule has 0 unspecified atom stereocenters. The van der Waals surface area contributed by atoms with Crippen LogP contribution in [0.2, 0.25) is 13.0 Å². The average molecular weight is 330 g/mol. The summed E-state index contributed by atoms with van der Waals surface area (Å²) in [6.07, 6.45) is 5.80. The summed E-state index contributed by atoms with van der Waals surface area (Å²) >= 11 is -1.02. The summed E-state index contributed by atoms with van der Waals surface area (Å²) in [6.45, 7) is 2.55. The molecule has 16 heavy (non-hydrogen) atoms. The van der Waals surface area contributed by atoms with E-state index in [0.29, 0.717) is 0 Å². The second kappa shape index (κ2) is 10.9. The Kier molecular flexibility index (Phi) is 11.5. The number of hydrogen-bond acceptors (Lipinski definition) is 2. The van der Waals surface area contributed by atoms with Gasteiger partial charge in [0.2, 0.25) is 0 Å². The van der Waals surface area contributed by atoms with Crippen molar-refractivity contribution >= 4 is 21.4 Å². The monoisotopic (exact) mass is 330 g/mol. The van der Waals surface area contributed by atoms with Gasteiger partial charge in [-0.25, -0.2) is 0 Å². The normalized spacial score (nSPS) is 11.4. The van der Waals surface area contributed by atoms with Crippen molar-refractivity contribution in [2.45, 2.75) is 38.7 Å². The summed E-state index contributed by atoms with van der Waals surface area (Å²) in [7, 11) is 8.70. The molecule has 0 N–H and O–H groups in total. The van der Waals surface area contributed by atoms with Crippen molar-refractivity contribution in [3.8, 4) is 0 Å². The van der Waals surface area contributed by atoms with Crippen LogP contribution in [0.15, 0.2) is 0 Å². The van der Waals surface area contributed by atoms with Gasteiger partial charge >= 0.3 is 111 Å². The molecule has 0 rings (SSSR count). The third-order valence-electron chi connectivity index (χ3n) is 3.10. The molecule has 0 fully saturated rings. The van der Waals surface area contributed by atoms with Gasteiger partial charge in [0.05, 0.1) is 0 Å². The quantitative estimate of drug-likeness (QED) is 0.569. The van der Waals surface area contributed by atoms with E-state index >= 15 is 0 Å². The van der Waals surface area contributed by atoms with Crippen LogP contribution < -0.4 is 0 Å². The molecule has 0 spiro atoms. The van der Waals surface area contributed by atoms with Gasteiger partial charge < -0.3 is 0 Å². The molecule has 0 aliphatic rings. The first-order valence-corrected chi connectivity index (χ1v) is 14.8. The summed E-state index contributed by atoms with van der Waals surface area (Å²) in [4.78, 5) is 4.61. The maximum absolute atomic E-state index is 2.62. The molecule has 2 nitrogen and oxygen atoms in total. The average Bonchev–Trinajstić information content (AvgIpc) is 2.19. The van der Waals surface area contributed by atoms with E-state index in [0.717, 1.165) is 0 Å². The minimum atomic E-state index is -1.02. The van der Waals surface area contributed by atoms with Crippen LogP contribution in [0.25, 0.3) is 0 Å². The Morgan fingerprint density at radius 2 is 1.06 bits per heavy atom. The minimum absolute atomic E-state index is 1.02. The zero-order valence-corrected chi connectivity index (χ0v) is 15.4. The van der Waals surface area contributed by atoms with Crippen LogP contribution in [-0.4, -0.2) is 72.5 Å². The van der Waals surface area contributed by atoms with E-state index < -0.39 is 21.4 Å². The van der Waals surface area contributed by atoms with Gasteiger partial charge in [0.15, 0.2) is 0 Å². The van der Waals surface area contributed by atoms with E-state index in [4.69, 9.17) is 0 Å². The molecule has 0 heterocycles. The first-order chi connectivity index (χ1) is 7.52. The predicted octanol–water partition coefficient (Wildman–Crippen LogP) is 2.79. The molecule has 0 amide bonds. The predicted molar refractivity (Wildman–Crippen MR) is 76.8 cm³/mol. The number of rotatable bonds is 10. The van der Waals surface area contributed by atoms with E-state index in [1.807, 2.05) is 0 Å². The fraction of sp³-hybridized carbons (Fsp3) is 1.00. The number of hydrogen-bond donors (Lipinski definition) is 0. The fourth-order valence-corrected chi connectivity index (χ4v) is 8.44. The Morgan fingerprint density at radius 1 is 0.688 bits per heavy atom. The summed E-state index contributed by atoms with van der Waals surface area (Å²) in [6, 6.07) is 0. The topological polar surface area (TPSA) is 6.48 Å². The molecule has 0 aromatic heterocycles. The summed E-state index contributed by atoms with van der Waals surface area (Å²) in [5.74, 6) is 0. The zero-order chi connectivity index (χ0) is 12.4. The van der Waals surface area contributed by atoms with Crippen molar-refractivity contribution in [2.24, 2.45) is 0 Å². The van der Waals surface area contributed by atoms with Crippen LogP contribution in [0, 0.1) is 0 Å². The van der Waals surface area contributed by atoms with Crippen LogP contribution in [0.4, 0.5) is 0 Å². The molecule has 0 aromatic carbocycles. The van der Waals surface area contributed by atoms with Crippen molar-refractivity contribution in [3.05, 3.63) is 0 Å². The third kappa shape index (κ3) is 12.9. The number of unbranched alkanes of at least 4 members (excludes halogenated alkanes) is 2. The zero-order valence-electron chi connectivity index (χ0n) is 12.1. The van der Waals surface area contributed by atoms with Gasteiger partial charge in [-0.2, -0.15) is 0 Å². The summed E-state index contributed by atoms with van der Waals surface area (Å²) < 4.78 is 5.86. The van der Waals surface area contributed by atoms with Crippen molar-refractivity contribution in [1.29, 1.82) is 0 Å². The molecule has 0 aliphatic heterocycles. The maximum atomic E-state index is 2.62. The van der Waals surface area contributed by atoms with Crippen LogP contribution >= 0.6 is 0 Å². The van der Waals surface area contributed by atoms with E-state index in [9.17, 15) is 0 Å². The Labute approximate surface area is 111 Å². The van der Waals surface area contributed by atoms with E-state index in [1.54, 1.807) is 8.35 Å². The first-order valence-electron chi connectivity index (χ1n) is 6.82. The van der Waals surface area contributed by atoms with E-state index in [2.05, 4.69) is 42.7 Å². The fourth-order valence-electron chi connectivity index (χ4n) is 1.99. The molecule has 0 aromatic rings. The Bertz CT molecular complexity index is 133. The van der Waals surface area contributed by atoms with Crippen molar-refractivity contribution < 1.29 is 0 Å². The molecule has 3 heteroatoms. The summed E-state index contributed by atoms with van der Waals surface area (Å²) in [5.41, 5.74) is 0. The summed E-state index contributed by atoms with van der Waals surface area (Å²) in [5, 5.41) is 0. The molecule has 0 atom stereocenters. The van der Waals surface area contributed by atoms with Crippen molar-refractivity contribution in [2.75, 3.05) is 41.3 Å². The standard InChI is InChI=1S/2C6H14N.CH3.In/c2*1-4-5-6-7(2)3;;/h2*1,4-6H2,2-3H3;1H3;. The SMILES string of the molecule is CN(C)CCC[CH2][In]([CH3])[CH2]CCCN(C)C. The Hall–Kier alpha value is 0.790. The first kappa shape index (κ1) is 16.8.